The van der Waals surface area contributed by atoms with E-state index in [0.29, 0.717) is 17.3 Å². The molecule has 2 rings (SSSR count). The van der Waals surface area contributed by atoms with Gasteiger partial charge in [-0.05, 0) is 19.1 Å². The predicted octanol–water partition coefficient (Wildman–Crippen LogP) is 1.82. The normalized spacial score (nSPS) is 10.1. The Morgan fingerprint density at radius 1 is 1.27 bits per heavy atom. The average Bonchev–Trinajstić information content (AvgIpc) is 2.53. The van der Waals surface area contributed by atoms with Crippen LogP contribution in [0.25, 0.3) is 0 Å². The Bertz CT molecular complexity index is 661. The van der Waals surface area contributed by atoms with Crippen LogP contribution >= 0.6 is 0 Å². The van der Waals surface area contributed by atoms with Crippen LogP contribution in [0.15, 0.2) is 30.5 Å². The van der Waals surface area contributed by atoms with Crippen LogP contribution in [0.4, 0.5) is 5.82 Å². The first-order chi connectivity index (χ1) is 10.7. The minimum absolute atomic E-state index is 0.0621. The number of nitrogen functional groups attached to an aromatic ring is 1. The highest BCUT2D eigenvalue weighted by Crippen LogP contribution is 2.26. The van der Waals surface area contributed by atoms with Gasteiger partial charge in [0.25, 0.3) is 0 Å². The fourth-order valence-electron chi connectivity index (χ4n) is 1.75. The number of hydrogen-bond acceptors (Lipinski definition) is 7. The highest BCUT2D eigenvalue weighted by molar-refractivity contribution is 5.93. The number of ether oxygens (including phenoxy) is 3. The second-order valence-electron chi connectivity index (χ2n) is 4.25. The second kappa shape index (κ2) is 7.26. The van der Waals surface area contributed by atoms with E-state index in [-0.39, 0.29) is 24.6 Å². The highest BCUT2D eigenvalue weighted by atomic mass is 16.5. The minimum atomic E-state index is -0.544. The van der Waals surface area contributed by atoms with Crippen LogP contribution in [-0.2, 0) is 11.3 Å². The van der Waals surface area contributed by atoms with Crippen molar-refractivity contribution in [3.63, 3.8) is 0 Å². The van der Waals surface area contributed by atoms with Crippen LogP contribution in [-0.4, -0.2) is 29.7 Å². The van der Waals surface area contributed by atoms with E-state index in [0.717, 1.165) is 0 Å². The summed E-state index contributed by atoms with van der Waals surface area (Å²) < 4.78 is 15.6. The summed E-state index contributed by atoms with van der Waals surface area (Å²) in [5.74, 6) is 1.06. The molecule has 0 unspecified atom stereocenters. The minimum Gasteiger partial charge on any atom is -0.493 e. The molecule has 0 bridgehead atoms. The van der Waals surface area contributed by atoms with Crippen LogP contribution in [0.5, 0.6) is 11.5 Å². The second-order valence-corrected chi connectivity index (χ2v) is 4.25. The van der Waals surface area contributed by atoms with Crippen molar-refractivity contribution in [1.82, 2.24) is 9.97 Å². The number of anilines is 1. The lowest BCUT2D eigenvalue weighted by Crippen LogP contribution is -2.12. The molecule has 0 fully saturated rings. The molecule has 2 N–H and O–H groups in total. The van der Waals surface area contributed by atoms with Gasteiger partial charge in [0, 0.05) is 6.20 Å². The summed E-state index contributed by atoms with van der Waals surface area (Å²) in [6.07, 6.45) is 1.33. The Kier molecular flexibility index (Phi) is 5.13. The molecular weight excluding hydrogens is 286 g/mol. The summed E-state index contributed by atoms with van der Waals surface area (Å²) in [6, 6.07) is 7.23. The van der Waals surface area contributed by atoms with Crippen molar-refractivity contribution in [3.05, 3.63) is 41.9 Å². The monoisotopic (exact) mass is 303 g/mol. The van der Waals surface area contributed by atoms with Gasteiger partial charge >= 0.3 is 5.97 Å². The number of aromatic nitrogens is 2. The van der Waals surface area contributed by atoms with Gasteiger partial charge in [-0.3, -0.25) is 0 Å². The van der Waals surface area contributed by atoms with Crippen LogP contribution in [0.1, 0.15) is 23.1 Å². The van der Waals surface area contributed by atoms with Crippen molar-refractivity contribution in [3.8, 4) is 11.5 Å². The van der Waals surface area contributed by atoms with E-state index >= 15 is 0 Å². The fourth-order valence-corrected chi connectivity index (χ4v) is 1.75. The molecule has 0 aliphatic heterocycles. The van der Waals surface area contributed by atoms with Gasteiger partial charge < -0.3 is 19.9 Å². The molecule has 2 aromatic rings. The topological polar surface area (TPSA) is 96.6 Å². The van der Waals surface area contributed by atoms with Crippen LogP contribution in [0.2, 0.25) is 0 Å². The molecule has 7 nitrogen and oxygen atoms in total. The van der Waals surface area contributed by atoms with Crippen molar-refractivity contribution in [2.24, 2.45) is 0 Å². The van der Waals surface area contributed by atoms with E-state index in [4.69, 9.17) is 19.9 Å². The Balaban J connectivity index is 2.08. The molecule has 1 aromatic carbocycles. The summed E-state index contributed by atoms with van der Waals surface area (Å²) in [5, 5.41) is 0. The summed E-state index contributed by atoms with van der Waals surface area (Å²) in [5.41, 5.74) is 5.89. The number of benzene rings is 1. The van der Waals surface area contributed by atoms with Crippen molar-refractivity contribution in [2.45, 2.75) is 13.5 Å². The van der Waals surface area contributed by atoms with E-state index in [1.807, 2.05) is 12.1 Å². The predicted molar refractivity (Wildman–Crippen MR) is 79.7 cm³/mol. The molecule has 0 aliphatic carbocycles. The lowest BCUT2D eigenvalue weighted by Gasteiger charge is -2.10. The van der Waals surface area contributed by atoms with Crippen molar-refractivity contribution in [1.29, 1.82) is 0 Å². The van der Waals surface area contributed by atoms with Gasteiger partial charge in [0.05, 0.1) is 13.7 Å². The first-order valence-electron chi connectivity index (χ1n) is 6.70. The van der Waals surface area contributed by atoms with Crippen molar-refractivity contribution < 1.29 is 19.0 Å². The lowest BCUT2D eigenvalue weighted by atomic mass is 10.3. The number of esters is 1. The quantitative estimate of drug-likeness (QED) is 0.813. The van der Waals surface area contributed by atoms with Gasteiger partial charge in [0.2, 0.25) is 0 Å². The van der Waals surface area contributed by atoms with E-state index < -0.39 is 5.97 Å². The molecule has 1 aromatic heterocycles. The zero-order chi connectivity index (χ0) is 15.9. The summed E-state index contributed by atoms with van der Waals surface area (Å²) >= 11 is 0. The van der Waals surface area contributed by atoms with E-state index in [9.17, 15) is 4.79 Å². The van der Waals surface area contributed by atoms with Gasteiger partial charge in [0.15, 0.2) is 17.3 Å². The number of rotatable bonds is 6. The molecule has 0 spiro atoms. The summed E-state index contributed by atoms with van der Waals surface area (Å²) in [4.78, 5) is 19.7. The zero-order valence-corrected chi connectivity index (χ0v) is 12.4. The maximum atomic E-state index is 11.6. The van der Waals surface area contributed by atoms with Gasteiger partial charge in [-0.25, -0.2) is 14.8 Å². The molecule has 22 heavy (non-hydrogen) atoms. The smallest absolute Gasteiger partial charge is 0.343 e. The summed E-state index contributed by atoms with van der Waals surface area (Å²) in [7, 11) is 1.56. The number of methoxy groups -OCH3 is 1. The van der Waals surface area contributed by atoms with E-state index in [2.05, 4.69) is 9.97 Å². The molecule has 0 aliphatic rings. The first kappa shape index (κ1) is 15.6. The van der Waals surface area contributed by atoms with Crippen LogP contribution in [0.3, 0.4) is 0 Å². The van der Waals surface area contributed by atoms with Crippen LogP contribution < -0.4 is 15.2 Å². The van der Waals surface area contributed by atoms with Gasteiger partial charge in [0.1, 0.15) is 18.0 Å². The third-order valence-electron chi connectivity index (χ3n) is 2.79. The van der Waals surface area contributed by atoms with Crippen molar-refractivity contribution in [2.75, 3.05) is 19.5 Å². The summed E-state index contributed by atoms with van der Waals surface area (Å²) in [6.45, 7) is 2.08. The molecule has 0 radical (unpaired) electrons. The number of para-hydroxylation sites is 2. The fraction of sp³-hybridized carbons (Fsp3) is 0.267. The maximum Gasteiger partial charge on any atom is 0.343 e. The van der Waals surface area contributed by atoms with Crippen LogP contribution in [0, 0.1) is 0 Å². The molecule has 0 amide bonds. The van der Waals surface area contributed by atoms with E-state index in [1.165, 1.54) is 6.20 Å². The molecular formula is C15H17N3O4. The third kappa shape index (κ3) is 3.63. The SMILES string of the molecule is CCOC(=O)c1cnc(COc2ccccc2OC)nc1N. The number of nitrogens with two attached hydrogens (primary N) is 1. The van der Waals surface area contributed by atoms with Gasteiger partial charge in [-0.2, -0.15) is 0 Å². The lowest BCUT2D eigenvalue weighted by molar-refractivity contribution is 0.0526. The molecule has 0 saturated carbocycles. The molecule has 7 heteroatoms. The Morgan fingerprint density at radius 2 is 2.00 bits per heavy atom. The van der Waals surface area contributed by atoms with E-state index in [1.54, 1.807) is 26.2 Å². The largest absolute Gasteiger partial charge is 0.493 e. The molecule has 116 valence electrons. The first-order valence-corrected chi connectivity index (χ1v) is 6.70. The maximum absolute atomic E-state index is 11.6. The third-order valence-corrected chi connectivity index (χ3v) is 2.79. The standard InChI is InChI=1S/C15H17N3O4/c1-3-21-15(19)10-8-17-13(18-14(10)16)9-22-12-7-5-4-6-11(12)20-2/h4-8H,3,9H2,1-2H3,(H2,16,17,18). The molecule has 0 atom stereocenters. The van der Waals surface area contributed by atoms with Gasteiger partial charge in [-0.1, -0.05) is 12.1 Å². The molecule has 1 heterocycles. The number of carbonyl (C=O) groups is 1. The number of nitrogens with zero attached hydrogens (tertiary/aromatic N) is 2. The Labute approximate surface area is 128 Å². The Morgan fingerprint density at radius 3 is 2.64 bits per heavy atom. The number of hydrogen-bond donors (Lipinski definition) is 1. The zero-order valence-electron chi connectivity index (χ0n) is 12.4. The molecule has 0 saturated heterocycles. The van der Waals surface area contributed by atoms with Crippen molar-refractivity contribution >= 4 is 11.8 Å². The van der Waals surface area contributed by atoms with Gasteiger partial charge in [-0.15, -0.1) is 0 Å². The Hall–Kier alpha value is -2.83. The highest BCUT2D eigenvalue weighted by Gasteiger charge is 2.14. The number of carbonyl (C=O) groups excluding carboxylic acids is 1. The average molecular weight is 303 g/mol.